The molecule has 0 aliphatic heterocycles. The molecule has 1 aromatic carbocycles. The van der Waals surface area contributed by atoms with E-state index < -0.39 is 0 Å². The Morgan fingerprint density at radius 2 is 2.00 bits per heavy atom. The van der Waals surface area contributed by atoms with Crippen LogP contribution < -0.4 is 20.5 Å². The molecular weight excluding hydrogens is 338 g/mol. The lowest BCUT2D eigenvalue weighted by Gasteiger charge is -2.11. The number of carbonyl (C=O) groups excluding carboxylic acids is 1. The first-order valence-corrected chi connectivity index (χ1v) is 9.02. The van der Waals surface area contributed by atoms with Crippen molar-refractivity contribution in [3.63, 3.8) is 0 Å². The van der Waals surface area contributed by atoms with Gasteiger partial charge in [-0.2, -0.15) is 0 Å². The summed E-state index contributed by atoms with van der Waals surface area (Å²) in [5.41, 5.74) is 7.44. The number of nitrogens with two attached hydrogens (primary N) is 1. The van der Waals surface area contributed by atoms with Crippen molar-refractivity contribution < 1.29 is 14.3 Å². The molecule has 3 N–H and O–H groups in total. The molecule has 0 radical (unpaired) electrons. The molecule has 1 atom stereocenters. The van der Waals surface area contributed by atoms with Crippen LogP contribution in [0.4, 0.5) is 0 Å². The highest BCUT2D eigenvalue weighted by atomic mass is 32.1. The molecule has 25 heavy (non-hydrogen) atoms. The van der Waals surface area contributed by atoms with Crippen LogP contribution in [0.3, 0.4) is 0 Å². The topological polar surface area (TPSA) is 86.5 Å². The lowest BCUT2D eigenvalue weighted by molar-refractivity contribution is 0.0946. The van der Waals surface area contributed by atoms with Crippen molar-refractivity contribution in [3.8, 4) is 11.5 Å². The minimum atomic E-state index is -0.214. The number of hydrogen-bond acceptors (Lipinski definition) is 6. The largest absolute Gasteiger partial charge is 0.493 e. The summed E-state index contributed by atoms with van der Waals surface area (Å²) in [5.74, 6) is 1.56. The molecular formula is C18H25N3O3S. The van der Waals surface area contributed by atoms with Crippen molar-refractivity contribution in [2.75, 3.05) is 14.2 Å². The molecule has 0 aliphatic rings. The second kappa shape index (κ2) is 8.82. The molecule has 0 fully saturated rings. The van der Waals surface area contributed by atoms with E-state index in [9.17, 15) is 4.79 Å². The third-order valence-electron chi connectivity index (χ3n) is 3.70. The molecule has 0 bridgehead atoms. The number of hydrogen-bond donors (Lipinski definition) is 2. The summed E-state index contributed by atoms with van der Waals surface area (Å²) >= 11 is 1.43. The SMILES string of the molecule is COc1ccc(CNC(=O)c2csc(C(N)CC(C)C)n2)cc1OC. The van der Waals surface area contributed by atoms with Gasteiger partial charge in [0.05, 0.1) is 20.3 Å². The minimum absolute atomic E-state index is 0.127. The second-order valence-corrected chi connectivity index (χ2v) is 7.07. The van der Waals surface area contributed by atoms with Gasteiger partial charge in [0.2, 0.25) is 0 Å². The summed E-state index contributed by atoms with van der Waals surface area (Å²) in [5, 5.41) is 5.41. The van der Waals surface area contributed by atoms with Crippen LogP contribution in [0.25, 0.3) is 0 Å². The average Bonchev–Trinajstić information content (AvgIpc) is 3.09. The van der Waals surface area contributed by atoms with Crippen LogP contribution in [-0.2, 0) is 6.54 Å². The Bertz CT molecular complexity index is 715. The lowest BCUT2D eigenvalue weighted by atomic mass is 10.1. The number of methoxy groups -OCH3 is 2. The molecule has 1 amide bonds. The standard InChI is InChI=1S/C18H25N3O3S/c1-11(2)7-13(19)18-21-14(10-25-18)17(22)20-9-12-5-6-15(23-3)16(8-12)24-4/h5-6,8,10-11,13H,7,9,19H2,1-4H3,(H,20,22). The Morgan fingerprint density at radius 1 is 1.28 bits per heavy atom. The number of aromatic nitrogens is 1. The maximum atomic E-state index is 12.3. The molecule has 7 heteroatoms. The van der Waals surface area contributed by atoms with E-state index in [0.29, 0.717) is 29.7 Å². The van der Waals surface area contributed by atoms with Gasteiger partial charge in [-0.1, -0.05) is 19.9 Å². The van der Waals surface area contributed by atoms with Gasteiger partial charge in [-0.15, -0.1) is 11.3 Å². The normalized spacial score (nSPS) is 12.1. The van der Waals surface area contributed by atoms with Crippen molar-refractivity contribution in [3.05, 3.63) is 39.8 Å². The Kier molecular flexibility index (Phi) is 6.78. The summed E-state index contributed by atoms with van der Waals surface area (Å²) in [6.45, 7) is 4.61. The molecule has 1 aromatic heterocycles. The van der Waals surface area contributed by atoms with Crippen LogP contribution in [0.2, 0.25) is 0 Å². The summed E-state index contributed by atoms with van der Waals surface area (Å²) in [6, 6.07) is 5.40. The van der Waals surface area contributed by atoms with Gasteiger partial charge in [-0.3, -0.25) is 4.79 Å². The smallest absolute Gasteiger partial charge is 0.271 e. The van der Waals surface area contributed by atoms with E-state index in [1.807, 2.05) is 18.2 Å². The minimum Gasteiger partial charge on any atom is -0.493 e. The highest BCUT2D eigenvalue weighted by Gasteiger charge is 2.16. The van der Waals surface area contributed by atoms with Crippen LogP contribution in [0, 0.1) is 5.92 Å². The molecule has 1 unspecified atom stereocenters. The Labute approximate surface area is 152 Å². The van der Waals surface area contributed by atoms with Gasteiger partial charge in [-0.05, 0) is 30.0 Å². The lowest BCUT2D eigenvalue weighted by Crippen LogP contribution is -2.23. The quantitative estimate of drug-likeness (QED) is 0.752. The van der Waals surface area contributed by atoms with E-state index >= 15 is 0 Å². The number of amides is 1. The number of nitrogens with one attached hydrogen (secondary N) is 1. The maximum Gasteiger partial charge on any atom is 0.271 e. The Balaban J connectivity index is 1.98. The summed E-state index contributed by atoms with van der Waals surface area (Å²) in [4.78, 5) is 16.7. The van der Waals surface area contributed by atoms with Gasteiger partial charge in [0.15, 0.2) is 11.5 Å². The third kappa shape index (κ3) is 5.17. The van der Waals surface area contributed by atoms with Gasteiger partial charge in [0, 0.05) is 11.9 Å². The molecule has 0 spiro atoms. The van der Waals surface area contributed by atoms with E-state index in [-0.39, 0.29) is 11.9 Å². The first-order chi connectivity index (χ1) is 11.9. The predicted molar refractivity (Wildman–Crippen MR) is 99.2 cm³/mol. The molecule has 2 rings (SSSR count). The van der Waals surface area contributed by atoms with Gasteiger partial charge in [0.25, 0.3) is 5.91 Å². The van der Waals surface area contributed by atoms with Crippen molar-refractivity contribution in [2.45, 2.75) is 32.9 Å². The van der Waals surface area contributed by atoms with Crippen LogP contribution in [0.5, 0.6) is 11.5 Å². The summed E-state index contributed by atoms with van der Waals surface area (Å²) < 4.78 is 10.5. The third-order valence-corrected chi connectivity index (χ3v) is 4.67. The zero-order chi connectivity index (χ0) is 18.4. The van der Waals surface area contributed by atoms with E-state index in [4.69, 9.17) is 15.2 Å². The Morgan fingerprint density at radius 3 is 2.64 bits per heavy atom. The van der Waals surface area contributed by atoms with E-state index in [1.165, 1.54) is 11.3 Å². The predicted octanol–water partition coefficient (Wildman–Crippen LogP) is 3.14. The molecule has 136 valence electrons. The maximum absolute atomic E-state index is 12.3. The number of rotatable bonds is 8. The van der Waals surface area contributed by atoms with Crippen LogP contribution in [-0.4, -0.2) is 25.1 Å². The molecule has 0 saturated heterocycles. The van der Waals surface area contributed by atoms with E-state index in [2.05, 4.69) is 24.1 Å². The van der Waals surface area contributed by atoms with Gasteiger partial charge in [-0.25, -0.2) is 4.98 Å². The van der Waals surface area contributed by atoms with Crippen LogP contribution >= 0.6 is 11.3 Å². The fourth-order valence-electron chi connectivity index (χ4n) is 2.43. The molecule has 0 aliphatic carbocycles. The van der Waals surface area contributed by atoms with Gasteiger partial charge >= 0.3 is 0 Å². The first-order valence-electron chi connectivity index (χ1n) is 8.14. The fraction of sp³-hybridized carbons (Fsp3) is 0.444. The van der Waals surface area contributed by atoms with Crippen molar-refractivity contribution in [2.24, 2.45) is 11.7 Å². The molecule has 1 heterocycles. The Hall–Kier alpha value is -2.12. The van der Waals surface area contributed by atoms with Crippen molar-refractivity contribution in [1.29, 1.82) is 0 Å². The van der Waals surface area contributed by atoms with Gasteiger partial charge < -0.3 is 20.5 Å². The van der Waals surface area contributed by atoms with Crippen molar-refractivity contribution in [1.82, 2.24) is 10.3 Å². The molecule has 2 aromatic rings. The highest BCUT2D eigenvalue weighted by Crippen LogP contribution is 2.27. The summed E-state index contributed by atoms with van der Waals surface area (Å²) in [7, 11) is 3.17. The highest BCUT2D eigenvalue weighted by molar-refractivity contribution is 7.09. The number of ether oxygens (including phenoxy) is 2. The zero-order valence-corrected chi connectivity index (χ0v) is 15.9. The van der Waals surface area contributed by atoms with E-state index in [0.717, 1.165) is 17.0 Å². The number of carbonyl (C=O) groups is 1. The van der Waals surface area contributed by atoms with Crippen molar-refractivity contribution >= 4 is 17.2 Å². The number of thiazole rings is 1. The molecule has 6 nitrogen and oxygen atoms in total. The molecule has 0 saturated carbocycles. The van der Waals surface area contributed by atoms with Crippen LogP contribution in [0.1, 0.15) is 47.4 Å². The monoisotopic (exact) mass is 363 g/mol. The van der Waals surface area contributed by atoms with Crippen LogP contribution in [0.15, 0.2) is 23.6 Å². The first kappa shape index (κ1) is 19.2. The van der Waals surface area contributed by atoms with Gasteiger partial charge in [0.1, 0.15) is 10.7 Å². The second-order valence-electron chi connectivity index (χ2n) is 6.18. The zero-order valence-electron chi connectivity index (χ0n) is 15.0. The number of nitrogens with zero attached hydrogens (tertiary/aromatic N) is 1. The fourth-order valence-corrected chi connectivity index (χ4v) is 3.25. The summed E-state index contributed by atoms with van der Waals surface area (Å²) in [6.07, 6.45) is 0.847. The number of benzene rings is 1. The average molecular weight is 363 g/mol. The van der Waals surface area contributed by atoms with E-state index in [1.54, 1.807) is 19.6 Å².